The Bertz CT molecular complexity index is 225. The van der Waals surface area contributed by atoms with E-state index >= 15 is 0 Å². The first-order valence-electron chi connectivity index (χ1n) is 7.53. The molecule has 1 aliphatic heterocycles. The molecule has 0 aliphatic carbocycles. The number of amides is 2. The quantitative estimate of drug-likeness (QED) is 0.790. The van der Waals surface area contributed by atoms with Crippen LogP contribution in [0.3, 0.4) is 0 Å². The van der Waals surface area contributed by atoms with Crippen LogP contribution in [0.2, 0.25) is 0 Å². The van der Waals surface area contributed by atoms with Crippen molar-refractivity contribution in [2.24, 2.45) is 0 Å². The predicted molar refractivity (Wildman–Crippen MR) is 75.8 cm³/mol. The Labute approximate surface area is 112 Å². The van der Waals surface area contributed by atoms with Crippen LogP contribution in [0.1, 0.15) is 46.0 Å². The van der Waals surface area contributed by atoms with Gasteiger partial charge in [-0.1, -0.05) is 26.7 Å². The second-order valence-corrected chi connectivity index (χ2v) is 5.07. The fourth-order valence-electron chi connectivity index (χ4n) is 2.45. The van der Waals surface area contributed by atoms with Crippen molar-refractivity contribution < 1.29 is 4.79 Å². The molecule has 1 fully saturated rings. The smallest absolute Gasteiger partial charge is 0.317 e. The Morgan fingerprint density at radius 3 is 2.33 bits per heavy atom. The molecule has 0 unspecified atom stereocenters. The van der Waals surface area contributed by atoms with Gasteiger partial charge in [-0.2, -0.15) is 0 Å². The average Bonchev–Trinajstić information content (AvgIpc) is 2.66. The highest BCUT2D eigenvalue weighted by Gasteiger charge is 2.14. The lowest BCUT2D eigenvalue weighted by Gasteiger charge is -2.23. The molecule has 0 saturated carbocycles. The largest absolute Gasteiger partial charge is 0.337 e. The summed E-state index contributed by atoms with van der Waals surface area (Å²) in [6.07, 6.45) is 6.02. The number of carbonyl (C=O) groups is 1. The van der Waals surface area contributed by atoms with Gasteiger partial charge >= 0.3 is 6.03 Å². The maximum absolute atomic E-state index is 12.0. The summed E-state index contributed by atoms with van der Waals surface area (Å²) < 4.78 is 0. The first kappa shape index (κ1) is 15.3. The lowest BCUT2D eigenvalue weighted by atomic mass is 10.2. The third-order valence-corrected chi connectivity index (χ3v) is 3.58. The van der Waals surface area contributed by atoms with Crippen LogP contribution in [-0.2, 0) is 0 Å². The van der Waals surface area contributed by atoms with E-state index in [-0.39, 0.29) is 6.03 Å². The topological polar surface area (TPSA) is 35.6 Å². The van der Waals surface area contributed by atoms with Gasteiger partial charge in [0, 0.05) is 26.2 Å². The highest BCUT2D eigenvalue weighted by Crippen LogP contribution is 2.09. The van der Waals surface area contributed by atoms with Gasteiger partial charge in [0.2, 0.25) is 0 Å². The van der Waals surface area contributed by atoms with Gasteiger partial charge in [-0.15, -0.1) is 0 Å². The SMILES string of the molecule is CCCN(CC)CCNC(=O)N1CCCCCC1. The van der Waals surface area contributed by atoms with Crippen LogP contribution in [-0.4, -0.2) is 55.1 Å². The monoisotopic (exact) mass is 255 g/mol. The van der Waals surface area contributed by atoms with Gasteiger partial charge in [-0.25, -0.2) is 4.79 Å². The van der Waals surface area contributed by atoms with E-state index < -0.39 is 0 Å². The zero-order chi connectivity index (χ0) is 13.2. The molecule has 4 heteroatoms. The normalized spacial score (nSPS) is 16.7. The zero-order valence-electron chi connectivity index (χ0n) is 12.1. The van der Waals surface area contributed by atoms with Crippen LogP contribution in [0, 0.1) is 0 Å². The number of rotatable bonds is 6. The van der Waals surface area contributed by atoms with Crippen LogP contribution >= 0.6 is 0 Å². The number of urea groups is 1. The van der Waals surface area contributed by atoms with E-state index in [1.165, 1.54) is 19.3 Å². The minimum Gasteiger partial charge on any atom is -0.337 e. The van der Waals surface area contributed by atoms with E-state index in [2.05, 4.69) is 24.1 Å². The molecule has 0 aromatic carbocycles. The Morgan fingerprint density at radius 1 is 1.11 bits per heavy atom. The van der Waals surface area contributed by atoms with E-state index in [0.29, 0.717) is 0 Å². The fourth-order valence-corrected chi connectivity index (χ4v) is 2.45. The van der Waals surface area contributed by atoms with Crippen LogP contribution in [0.15, 0.2) is 0 Å². The van der Waals surface area contributed by atoms with E-state index in [0.717, 1.165) is 52.1 Å². The number of likely N-dealkylation sites (N-methyl/N-ethyl adjacent to an activating group) is 1. The Hall–Kier alpha value is -0.770. The summed E-state index contributed by atoms with van der Waals surface area (Å²) in [6, 6.07) is 0.129. The summed E-state index contributed by atoms with van der Waals surface area (Å²) in [4.78, 5) is 16.3. The molecule has 0 atom stereocenters. The zero-order valence-corrected chi connectivity index (χ0v) is 12.1. The van der Waals surface area contributed by atoms with Gasteiger partial charge in [0.05, 0.1) is 0 Å². The predicted octanol–water partition coefficient (Wildman–Crippen LogP) is 2.30. The number of nitrogens with zero attached hydrogens (tertiary/aromatic N) is 2. The molecule has 1 heterocycles. The lowest BCUT2D eigenvalue weighted by molar-refractivity contribution is 0.197. The van der Waals surface area contributed by atoms with Gasteiger partial charge in [0.1, 0.15) is 0 Å². The van der Waals surface area contributed by atoms with Crippen molar-refractivity contribution in [3.05, 3.63) is 0 Å². The second kappa shape index (κ2) is 9.20. The van der Waals surface area contributed by atoms with Crippen molar-refractivity contribution in [1.29, 1.82) is 0 Å². The molecule has 1 aliphatic rings. The second-order valence-electron chi connectivity index (χ2n) is 5.07. The molecular formula is C14H29N3O. The Kier molecular flexibility index (Phi) is 7.81. The molecule has 2 amide bonds. The maximum atomic E-state index is 12.0. The van der Waals surface area contributed by atoms with E-state index in [4.69, 9.17) is 0 Å². The third kappa shape index (κ3) is 5.71. The van der Waals surface area contributed by atoms with Gasteiger partial charge < -0.3 is 15.1 Å². The number of hydrogen-bond donors (Lipinski definition) is 1. The molecule has 0 aromatic heterocycles. The maximum Gasteiger partial charge on any atom is 0.317 e. The summed E-state index contributed by atoms with van der Waals surface area (Å²) in [5, 5.41) is 3.05. The molecule has 1 saturated heterocycles. The summed E-state index contributed by atoms with van der Waals surface area (Å²) in [5.74, 6) is 0. The first-order chi connectivity index (χ1) is 8.77. The number of carbonyl (C=O) groups excluding carboxylic acids is 1. The highest BCUT2D eigenvalue weighted by molar-refractivity contribution is 5.74. The van der Waals surface area contributed by atoms with Crippen LogP contribution in [0.25, 0.3) is 0 Å². The molecule has 1 N–H and O–H groups in total. The van der Waals surface area contributed by atoms with Crippen molar-refractivity contribution in [2.75, 3.05) is 39.3 Å². The van der Waals surface area contributed by atoms with Gasteiger partial charge in [0.25, 0.3) is 0 Å². The minimum atomic E-state index is 0.129. The van der Waals surface area contributed by atoms with Crippen LogP contribution < -0.4 is 5.32 Å². The van der Waals surface area contributed by atoms with Gasteiger partial charge in [-0.05, 0) is 32.4 Å². The standard InChI is InChI=1S/C14H29N3O/c1-3-10-16(4-2)13-9-15-14(18)17-11-7-5-6-8-12-17/h3-13H2,1-2H3,(H,15,18). The molecule has 106 valence electrons. The van der Waals surface area contributed by atoms with E-state index in [9.17, 15) is 4.79 Å². The van der Waals surface area contributed by atoms with E-state index in [1.807, 2.05) is 4.90 Å². The van der Waals surface area contributed by atoms with Gasteiger partial charge in [0.15, 0.2) is 0 Å². The molecule has 1 rings (SSSR count). The molecular weight excluding hydrogens is 226 g/mol. The number of nitrogens with one attached hydrogen (secondary N) is 1. The average molecular weight is 255 g/mol. The molecule has 0 radical (unpaired) electrons. The summed E-state index contributed by atoms with van der Waals surface area (Å²) in [7, 11) is 0. The van der Waals surface area contributed by atoms with Crippen molar-refractivity contribution in [2.45, 2.75) is 46.0 Å². The molecule has 18 heavy (non-hydrogen) atoms. The summed E-state index contributed by atoms with van der Waals surface area (Å²) in [6.45, 7) is 10.1. The third-order valence-electron chi connectivity index (χ3n) is 3.58. The summed E-state index contributed by atoms with van der Waals surface area (Å²) >= 11 is 0. The van der Waals surface area contributed by atoms with Crippen LogP contribution in [0.4, 0.5) is 4.79 Å². The molecule has 0 aromatic rings. The summed E-state index contributed by atoms with van der Waals surface area (Å²) in [5.41, 5.74) is 0. The Morgan fingerprint density at radius 2 is 1.78 bits per heavy atom. The van der Waals surface area contributed by atoms with Crippen LogP contribution in [0.5, 0.6) is 0 Å². The molecule has 0 bridgehead atoms. The minimum absolute atomic E-state index is 0.129. The van der Waals surface area contributed by atoms with E-state index in [1.54, 1.807) is 0 Å². The van der Waals surface area contributed by atoms with Crippen molar-refractivity contribution >= 4 is 6.03 Å². The molecule has 0 spiro atoms. The fraction of sp³-hybridized carbons (Fsp3) is 0.929. The number of hydrogen-bond acceptors (Lipinski definition) is 2. The van der Waals surface area contributed by atoms with Crippen molar-refractivity contribution in [3.63, 3.8) is 0 Å². The van der Waals surface area contributed by atoms with Gasteiger partial charge in [-0.3, -0.25) is 0 Å². The number of likely N-dealkylation sites (tertiary alicyclic amines) is 1. The Balaban J connectivity index is 2.18. The molecule has 4 nitrogen and oxygen atoms in total. The van der Waals surface area contributed by atoms with Crippen molar-refractivity contribution in [3.8, 4) is 0 Å². The highest BCUT2D eigenvalue weighted by atomic mass is 16.2. The first-order valence-corrected chi connectivity index (χ1v) is 7.53. The van der Waals surface area contributed by atoms with Crippen molar-refractivity contribution in [1.82, 2.24) is 15.1 Å². The lowest BCUT2D eigenvalue weighted by Crippen LogP contribution is -2.43.